The number of carbonyl (C=O) groups excluding carboxylic acids is 2. The van der Waals surface area contributed by atoms with Crippen LogP contribution in [0.2, 0.25) is 0 Å². The van der Waals surface area contributed by atoms with Crippen molar-refractivity contribution in [2.75, 3.05) is 6.54 Å². The summed E-state index contributed by atoms with van der Waals surface area (Å²) < 4.78 is 5.25. The Kier molecular flexibility index (Phi) is 7.00. The topological polar surface area (TPSA) is 100 Å². The summed E-state index contributed by atoms with van der Waals surface area (Å²) in [4.78, 5) is 37.5. The number of ether oxygens (including phenoxy) is 1. The van der Waals surface area contributed by atoms with Crippen LogP contribution in [0.1, 0.15) is 51.4 Å². The van der Waals surface area contributed by atoms with Gasteiger partial charge in [0.25, 0.3) is 5.91 Å². The van der Waals surface area contributed by atoms with Gasteiger partial charge in [0.1, 0.15) is 5.60 Å². The zero-order chi connectivity index (χ0) is 18.3. The number of nitrogens with one attached hydrogen (secondary N) is 3. The van der Waals surface area contributed by atoms with E-state index < -0.39 is 11.7 Å². The molecule has 2 amide bonds. The van der Waals surface area contributed by atoms with Crippen LogP contribution >= 0.6 is 0 Å². The summed E-state index contributed by atoms with van der Waals surface area (Å²) in [5.41, 5.74) is -0.489. The van der Waals surface area contributed by atoms with E-state index in [-0.39, 0.29) is 24.1 Å². The third-order valence-corrected chi connectivity index (χ3v) is 3.03. The standard InChI is InChI=1S/C17H27N3O4/c1-11(2)8-13(20-16(23)24-17(3,4)5)10-19-15(22)12-6-7-14(21)18-9-12/h6-7,9,11,13H,8,10H2,1-5H3,(H,18,21)(H,19,22)(H,20,23). The fourth-order valence-corrected chi connectivity index (χ4v) is 2.11. The lowest BCUT2D eigenvalue weighted by molar-refractivity contribution is 0.0496. The van der Waals surface area contributed by atoms with Gasteiger partial charge >= 0.3 is 6.09 Å². The second-order valence-electron chi connectivity index (χ2n) is 7.12. The zero-order valence-electron chi connectivity index (χ0n) is 14.9. The van der Waals surface area contributed by atoms with Crippen LogP contribution in [0.25, 0.3) is 0 Å². The van der Waals surface area contributed by atoms with Crippen LogP contribution in [0.15, 0.2) is 23.1 Å². The van der Waals surface area contributed by atoms with E-state index in [0.29, 0.717) is 17.9 Å². The monoisotopic (exact) mass is 337 g/mol. The summed E-state index contributed by atoms with van der Waals surface area (Å²) in [6.45, 7) is 9.72. The maximum absolute atomic E-state index is 12.1. The van der Waals surface area contributed by atoms with Crippen LogP contribution in [0, 0.1) is 5.92 Å². The highest BCUT2D eigenvalue weighted by Gasteiger charge is 2.20. The number of alkyl carbamates (subject to hydrolysis) is 1. The molecule has 134 valence electrons. The molecule has 0 saturated carbocycles. The fourth-order valence-electron chi connectivity index (χ4n) is 2.11. The SMILES string of the molecule is CC(C)CC(CNC(=O)c1ccc(=O)[nH]c1)NC(=O)OC(C)(C)C. The van der Waals surface area contributed by atoms with E-state index in [1.165, 1.54) is 18.3 Å². The molecular formula is C17H27N3O4. The summed E-state index contributed by atoms with van der Waals surface area (Å²) in [6.07, 6.45) is 1.55. The molecule has 7 nitrogen and oxygen atoms in total. The van der Waals surface area contributed by atoms with Gasteiger partial charge in [-0.2, -0.15) is 0 Å². The zero-order valence-corrected chi connectivity index (χ0v) is 14.9. The number of rotatable bonds is 6. The van der Waals surface area contributed by atoms with Gasteiger partial charge in [0.2, 0.25) is 5.56 Å². The molecule has 0 fully saturated rings. The highest BCUT2D eigenvalue weighted by Crippen LogP contribution is 2.09. The minimum absolute atomic E-state index is 0.244. The number of H-pyrrole nitrogens is 1. The number of amides is 2. The highest BCUT2D eigenvalue weighted by molar-refractivity contribution is 5.93. The van der Waals surface area contributed by atoms with Crippen molar-refractivity contribution < 1.29 is 14.3 Å². The van der Waals surface area contributed by atoms with Crippen LogP contribution in [-0.2, 0) is 4.74 Å². The molecule has 0 bridgehead atoms. The van der Waals surface area contributed by atoms with E-state index in [1.54, 1.807) is 20.8 Å². The molecule has 0 aliphatic rings. The predicted octanol–water partition coefficient (Wildman–Crippen LogP) is 2.04. The van der Waals surface area contributed by atoms with E-state index in [1.807, 2.05) is 13.8 Å². The molecule has 0 saturated heterocycles. The van der Waals surface area contributed by atoms with Crippen molar-refractivity contribution in [3.05, 3.63) is 34.2 Å². The number of aromatic amines is 1. The van der Waals surface area contributed by atoms with Crippen LogP contribution in [0.4, 0.5) is 4.79 Å². The normalized spacial score (nSPS) is 12.6. The largest absolute Gasteiger partial charge is 0.444 e. The average molecular weight is 337 g/mol. The van der Waals surface area contributed by atoms with Crippen molar-refractivity contribution in [3.63, 3.8) is 0 Å². The molecule has 0 spiro atoms. The van der Waals surface area contributed by atoms with Crippen LogP contribution < -0.4 is 16.2 Å². The van der Waals surface area contributed by atoms with Gasteiger partial charge < -0.3 is 20.4 Å². The van der Waals surface area contributed by atoms with Gasteiger partial charge in [0.15, 0.2) is 0 Å². The number of hydrogen-bond donors (Lipinski definition) is 3. The molecule has 1 unspecified atom stereocenters. The number of pyridine rings is 1. The predicted molar refractivity (Wildman–Crippen MR) is 92.0 cm³/mol. The van der Waals surface area contributed by atoms with Gasteiger partial charge in [-0.1, -0.05) is 13.8 Å². The summed E-state index contributed by atoms with van der Waals surface area (Å²) in [7, 11) is 0. The Balaban J connectivity index is 2.62. The molecule has 0 aliphatic carbocycles. The van der Waals surface area contributed by atoms with Crippen LogP contribution in [-0.4, -0.2) is 35.2 Å². The van der Waals surface area contributed by atoms with Crippen molar-refractivity contribution in [1.29, 1.82) is 0 Å². The average Bonchev–Trinajstić information content (AvgIpc) is 2.42. The minimum Gasteiger partial charge on any atom is -0.444 e. The minimum atomic E-state index is -0.578. The van der Waals surface area contributed by atoms with Crippen molar-refractivity contribution in [1.82, 2.24) is 15.6 Å². The smallest absolute Gasteiger partial charge is 0.407 e. The van der Waals surface area contributed by atoms with Gasteiger partial charge in [-0.05, 0) is 39.2 Å². The van der Waals surface area contributed by atoms with Crippen molar-refractivity contribution in [2.24, 2.45) is 5.92 Å². The molecule has 1 rings (SSSR count). The quantitative estimate of drug-likeness (QED) is 0.739. The van der Waals surface area contributed by atoms with Gasteiger partial charge in [-0.25, -0.2) is 4.79 Å². The molecule has 3 N–H and O–H groups in total. The first-order valence-electron chi connectivity index (χ1n) is 8.03. The highest BCUT2D eigenvalue weighted by atomic mass is 16.6. The van der Waals surface area contributed by atoms with Crippen LogP contribution in [0.3, 0.4) is 0 Å². The second-order valence-corrected chi connectivity index (χ2v) is 7.12. The maximum Gasteiger partial charge on any atom is 0.407 e. The molecule has 1 aromatic heterocycles. The molecule has 1 aromatic rings. The number of aromatic nitrogens is 1. The third kappa shape index (κ3) is 7.80. The fraction of sp³-hybridized carbons (Fsp3) is 0.588. The Morgan fingerprint density at radius 1 is 1.25 bits per heavy atom. The summed E-state index contributed by atoms with van der Waals surface area (Å²) in [5.74, 6) is 0.0286. The first-order chi connectivity index (χ1) is 11.1. The van der Waals surface area contributed by atoms with E-state index in [4.69, 9.17) is 4.74 Å². The molecule has 1 heterocycles. The van der Waals surface area contributed by atoms with Crippen molar-refractivity contribution in [2.45, 2.75) is 52.7 Å². The van der Waals surface area contributed by atoms with Crippen LogP contribution in [0.5, 0.6) is 0 Å². The Labute approximate surface area is 142 Å². The molecule has 1 atom stereocenters. The number of hydrogen-bond acceptors (Lipinski definition) is 4. The molecule has 0 radical (unpaired) electrons. The van der Waals surface area contributed by atoms with E-state index in [9.17, 15) is 14.4 Å². The van der Waals surface area contributed by atoms with Gasteiger partial charge in [-0.3, -0.25) is 9.59 Å². The second kappa shape index (κ2) is 8.52. The Morgan fingerprint density at radius 2 is 1.92 bits per heavy atom. The molecular weight excluding hydrogens is 310 g/mol. The lowest BCUT2D eigenvalue weighted by Gasteiger charge is -2.24. The third-order valence-electron chi connectivity index (χ3n) is 3.03. The van der Waals surface area contributed by atoms with Crippen molar-refractivity contribution in [3.8, 4) is 0 Å². The molecule has 0 aromatic carbocycles. The van der Waals surface area contributed by atoms with E-state index >= 15 is 0 Å². The number of carbonyl (C=O) groups is 2. The maximum atomic E-state index is 12.1. The lowest BCUT2D eigenvalue weighted by atomic mass is 10.0. The molecule has 0 aliphatic heterocycles. The summed E-state index contributed by atoms with van der Waals surface area (Å²) >= 11 is 0. The lowest BCUT2D eigenvalue weighted by Crippen LogP contribution is -2.46. The first kappa shape index (κ1) is 19.7. The Morgan fingerprint density at radius 3 is 2.42 bits per heavy atom. The summed E-state index contributed by atoms with van der Waals surface area (Å²) in [5, 5.41) is 5.55. The van der Waals surface area contributed by atoms with Crippen molar-refractivity contribution >= 4 is 12.0 Å². The van der Waals surface area contributed by atoms with Gasteiger partial charge in [0, 0.05) is 24.8 Å². The summed E-state index contributed by atoms with van der Waals surface area (Å²) in [6, 6.07) is 2.50. The van der Waals surface area contributed by atoms with E-state index in [0.717, 1.165) is 0 Å². The molecule has 7 heteroatoms. The van der Waals surface area contributed by atoms with Gasteiger partial charge in [-0.15, -0.1) is 0 Å². The Bertz CT molecular complexity index is 597. The molecule has 24 heavy (non-hydrogen) atoms. The van der Waals surface area contributed by atoms with E-state index in [2.05, 4.69) is 15.6 Å². The Hall–Kier alpha value is -2.31. The first-order valence-corrected chi connectivity index (χ1v) is 8.03. The van der Waals surface area contributed by atoms with Gasteiger partial charge in [0.05, 0.1) is 5.56 Å².